The Morgan fingerprint density at radius 1 is 0.895 bits per heavy atom. The van der Waals surface area contributed by atoms with E-state index in [9.17, 15) is 4.79 Å². The number of aliphatic hydroxyl groups is 2. The summed E-state index contributed by atoms with van der Waals surface area (Å²) in [4.78, 5) is 11.6. The van der Waals surface area contributed by atoms with Crippen LogP contribution < -0.4 is 5.73 Å². The van der Waals surface area contributed by atoms with Crippen molar-refractivity contribution in [3.05, 3.63) is 0 Å². The summed E-state index contributed by atoms with van der Waals surface area (Å²) in [7, 11) is 0. The molecule has 0 fully saturated rings. The van der Waals surface area contributed by atoms with Gasteiger partial charge in [-0.05, 0) is 19.3 Å². The predicted molar refractivity (Wildman–Crippen MR) is 77.6 cm³/mol. The minimum absolute atomic E-state index is 0.0561. The van der Waals surface area contributed by atoms with Crippen molar-refractivity contribution in [2.24, 2.45) is 11.1 Å². The van der Waals surface area contributed by atoms with Crippen LogP contribution in [0.15, 0.2) is 0 Å². The first kappa shape index (κ1) is 18.4. The van der Waals surface area contributed by atoms with E-state index in [1.807, 2.05) is 0 Å². The lowest BCUT2D eigenvalue weighted by molar-refractivity contribution is -0.130. The van der Waals surface area contributed by atoms with E-state index >= 15 is 0 Å². The van der Waals surface area contributed by atoms with E-state index in [1.54, 1.807) is 0 Å². The number of amides is 1. The number of hydrogen-bond acceptors (Lipinski definition) is 3. The van der Waals surface area contributed by atoms with Crippen molar-refractivity contribution in [3.8, 4) is 0 Å². The van der Waals surface area contributed by atoms with Gasteiger partial charge in [-0.25, -0.2) is 0 Å². The van der Waals surface area contributed by atoms with Crippen LogP contribution in [-0.2, 0) is 4.79 Å². The van der Waals surface area contributed by atoms with Crippen LogP contribution in [0.1, 0.15) is 71.1 Å². The highest BCUT2D eigenvalue weighted by molar-refractivity contribution is 5.80. The largest absolute Gasteiger partial charge is 0.396 e. The van der Waals surface area contributed by atoms with Crippen LogP contribution in [0.5, 0.6) is 0 Å². The molecule has 0 unspecified atom stereocenters. The van der Waals surface area contributed by atoms with Crippen molar-refractivity contribution >= 4 is 5.91 Å². The maximum Gasteiger partial charge on any atom is 0.223 e. The average molecular weight is 273 g/mol. The topological polar surface area (TPSA) is 83.6 Å². The van der Waals surface area contributed by atoms with Crippen LogP contribution in [-0.4, -0.2) is 29.3 Å². The van der Waals surface area contributed by atoms with Crippen molar-refractivity contribution in [1.82, 2.24) is 0 Å². The van der Waals surface area contributed by atoms with Gasteiger partial charge in [0, 0.05) is 13.2 Å². The SMILES string of the molecule is CCCCCCCCCC(CCO)(CCO)C(N)=O. The van der Waals surface area contributed by atoms with E-state index in [-0.39, 0.29) is 19.1 Å². The first-order valence-corrected chi connectivity index (χ1v) is 7.64. The minimum atomic E-state index is -0.715. The Morgan fingerprint density at radius 2 is 1.37 bits per heavy atom. The second-order valence-electron chi connectivity index (χ2n) is 5.46. The molecule has 0 spiro atoms. The molecule has 1 amide bonds. The molecule has 0 atom stereocenters. The van der Waals surface area contributed by atoms with Gasteiger partial charge in [-0.3, -0.25) is 4.79 Å². The number of carbonyl (C=O) groups is 1. The zero-order valence-electron chi connectivity index (χ0n) is 12.4. The van der Waals surface area contributed by atoms with Gasteiger partial charge in [0.05, 0.1) is 5.41 Å². The Labute approximate surface area is 117 Å². The number of carbonyl (C=O) groups excluding carboxylic acids is 1. The fraction of sp³-hybridized carbons (Fsp3) is 0.933. The van der Waals surface area contributed by atoms with Crippen molar-refractivity contribution in [2.75, 3.05) is 13.2 Å². The first-order valence-electron chi connectivity index (χ1n) is 7.64. The van der Waals surface area contributed by atoms with Crippen LogP contribution in [0, 0.1) is 5.41 Å². The second-order valence-corrected chi connectivity index (χ2v) is 5.46. The third-order valence-electron chi connectivity index (χ3n) is 3.96. The Morgan fingerprint density at radius 3 is 1.79 bits per heavy atom. The fourth-order valence-corrected chi connectivity index (χ4v) is 2.59. The lowest BCUT2D eigenvalue weighted by Crippen LogP contribution is -2.39. The number of unbranched alkanes of at least 4 members (excludes halogenated alkanes) is 6. The van der Waals surface area contributed by atoms with E-state index in [1.165, 1.54) is 32.1 Å². The number of aliphatic hydroxyl groups excluding tert-OH is 2. The van der Waals surface area contributed by atoms with Gasteiger partial charge in [-0.2, -0.15) is 0 Å². The summed E-state index contributed by atoms with van der Waals surface area (Å²) < 4.78 is 0. The van der Waals surface area contributed by atoms with E-state index in [2.05, 4.69) is 6.92 Å². The zero-order valence-corrected chi connectivity index (χ0v) is 12.4. The molecule has 0 saturated heterocycles. The molecule has 4 N–H and O–H groups in total. The van der Waals surface area contributed by atoms with Gasteiger partial charge in [0.25, 0.3) is 0 Å². The summed E-state index contributed by atoms with van der Waals surface area (Å²) in [6, 6.07) is 0. The molecule has 0 aromatic heterocycles. The van der Waals surface area contributed by atoms with Gasteiger partial charge in [0.15, 0.2) is 0 Å². The molecular weight excluding hydrogens is 242 g/mol. The smallest absolute Gasteiger partial charge is 0.223 e. The van der Waals surface area contributed by atoms with Gasteiger partial charge in [-0.15, -0.1) is 0 Å². The Bertz CT molecular complexity index is 225. The van der Waals surface area contributed by atoms with Crippen LogP contribution in [0.2, 0.25) is 0 Å². The molecular formula is C15H31NO3. The number of rotatable bonds is 13. The molecule has 0 heterocycles. The highest BCUT2D eigenvalue weighted by Gasteiger charge is 2.34. The zero-order chi connectivity index (χ0) is 14.6. The molecule has 4 heteroatoms. The molecule has 0 radical (unpaired) electrons. The summed E-state index contributed by atoms with van der Waals surface area (Å²) in [5, 5.41) is 18.2. The quantitative estimate of drug-likeness (QED) is 0.450. The molecule has 0 aliphatic carbocycles. The van der Waals surface area contributed by atoms with E-state index in [0.29, 0.717) is 19.3 Å². The van der Waals surface area contributed by atoms with E-state index in [0.717, 1.165) is 12.8 Å². The summed E-state index contributed by atoms with van der Waals surface area (Å²) >= 11 is 0. The maximum atomic E-state index is 11.6. The van der Waals surface area contributed by atoms with Crippen LogP contribution in [0.4, 0.5) is 0 Å². The monoisotopic (exact) mass is 273 g/mol. The van der Waals surface area contributed by atoms with Gasteiger partial charge >= 0.3 is 0 Å². The van der Waals surface area contributed by atoms with Crippen molar-refractivity contribution in [2.45, 2.75) is 71.1 Å². The summed E-state index contributed by atoms with van der Waals surface area (Å²) in [5.41, 5.74) is 4.75. The van der Waals surface area contributed by atoms with Crippen molar-refractivity contribution in [1.29, 1.82) is 0 Å². The van der Waals surface area contributed by atoms with Crippen molar-refractivity contribution < 1.29 is 15.0 Å². The Hall–Kier alpha value is -0.610. The van der Waals surface area contributed by atoms with Gasteiger partial charge in [0.2, 0.25) is 5.91 Å². The lowest BCUT2D eigenvalue weighted by atomic mass is 9.76. The molecule has 114 valence electrons. The molecule has 19 heavy (non-hydrogen) atoms. The van der Waals surface area contributed by atoms with E-state index < -0.39 is 5.41 Å². The third-order valence-corrected chi connectivity index (χ3v) is 3.96. The van der Waals surface area contributed by atoms with Crippen LogP contribution in [0.3, 0.4) is 0 Å². The average Bonchev–Trinajstić information content (AvgIpc) is 2.37. The molecule has 0 aliphatic rings. The lowest BCUT2D eigenvalue weighted by Gasteiger charge is -2.29. The highest BCUT2D eigenvalue weighted by atomic mass is 16.3. The second kappa shape index (κ2) is 11.2. The molecule has 0 aromatic carbocycles. The highest BCUT2D eigenvalue weighted by Crippen LogP contribution is 2.32. The molecule has 0 saturated carbocycles. The Balaban J connectivity index is 4.01. The standard InChI is InChI=1S/C15H31NO3/c1-2-3-4-5-6-7-8-9-15(10-12-17,11-13-18)14(16)19/h17-18H,2-13H2,1H3,(H2,16,19). The molecule has 4 nitrogen and oxygen atoms in total. The first-order chi connectivity index (χ1) is 9.13. The third kappa shape index (κ3) is 7.53. The van der Waals surface area contributed by atoms with Crippen LogP contribution >= 0.6 is 0 Å². The summed E-state index contributed by atoms with van der Waals surface area (Å²) in [6.07, 6.45) is 9.69. The number of primary amides is 1. The number of nitrogens with two attached hydrogens (primary N) is 1. The molecule has 0 rings (SSSR count). The molecule has 0 bridgehead atoms. The molecule has 0 aromatic rings. The number of hydrogen-bond donors (Lipinski definition) is 3. The maximum absolute atomic E-state index is 11.6. The van der Waals surface area contributed by atoms with Gasteiger partial charge in [0.1, 0.15) is 0 Å². The van der Waals surface area contributed by atoms with Crippen molar-refractivity contribution in [3.63, 3.8) is 0 Å². The van der Waals surface area contributed by atoms with E-state index in [4.69, 9.17) is 15.9 Å². The van der Waals surface area contributed by atoms with Gasteiger partial charge in [-0.1, -0.05) is 51.9 Å². The van der Waals surface area contributed by atoms with Gasteiger partial charge < -0.3 is 15.9 Å². The normalized spacial score (nSPS) is 11.7. The predicted octanol–water partition coefficient (Wildman–Crippen LogP) is 2.36. The fourth-order valence-electron chi connectivity index (χ4n) is 2.59. The molecule has 0 aliphatic heterocycles. The summed E-state index contributed by atoms with van der Waals surface area (Å²) in [6.45, 7) is 2.09. The minimum Gasteiger partial charge on any atom is -0.396 e. The van der Waals surface area contributed by atoms with Crippen LogP contribution in [0.25, 0.3) is 0 Å². The summed E-state index contributed by atoms with van der Waals surface area (Å²) in [5.74, 6) is -0.387. The Kier molecular flexibility index (Phi) is 10.9.